The predicted molar refractivity (Wildman–Crippen MR) is 96.5 cm³/mol. The fourth-order valence-electron chi connectivity index (χ4n) is 7.93. The maximum atomic E-state index is 12.2. The molecule has 134 valence electrons. The highest BCUT2D eigenvalue weighted by atomic mass is 16.3. The van der Waals surface area contributed by atoms with Crippen molar-refractivity contribution in [1.82, 2.24) is 0 Å². The van der Waals surface area contributed by atoms with Crippen LogP contribution in [0.5, 0.6) is 0 Å². The van der Waals surface area contributed by atoms with E-state index in [9.17, 15) is 9.90 Å². The molecule has 2 heteroatoms. The van der Waals surface area contributed by atoms with Gasteiger partial charge in [0.1, 0.15) is 0 Å². The van der Waals surface area contributed by atoms with Crippen molar-refractivity contribution < 1.29 is 9.90 Å². The van der Waals surface area contributed by atoms with Gasteiger partial charge in [-0.2, -0.15) is 0 Å². The summed E-state index contributed by atoms with van der Waals surface area (Å²) in [5.74, 6) is 1.61. The first-order chi connectivity index (χ1) is 11.1. The van der Waals surface area contributed by atoms with Gasteiger partial charge in [0.2, 0.25) is 0 Å². The summed E-state index contributed by atoms with van der Waals surface area (Å²) in [6.45, 7) is 12.0. The number of fused-ring (bicyclic) bond motifs is 5. The van der Waals surface area contributed by atoms with E-state index in [2.05, 4.69) is 34.6 Å². The van der Waals surface area contributed by atoms with Crippen LogP contribution in [-0.4, -0.2) is 17.0 Å². The number of aliphatic hydroxyl groups is 1. The Morgan fingerprint density at radius 1 is 1.00 bits per heavy atom. The van der Waals surface area contributed by atoms with Crippen LogP contribution < -0.4 is 0 Å². The zero-order valence-electron chi connectivity index (χ0n) is 16.1. The predicted octanol–water partition coefficient (Wildman–Crippen LogP) is 4.91. The van der Waals surface area contributed by atoms with Gasteiger partial charge in [-0.25, -0.2) is 0 Å². The highest BCUT2D eigenvalue weighted by molar-refractivity contribution is 5.94. The SMILES string of the molecule is CC1(C)C(O)CCC2(C)C1CCC1(C)C2CCC2=CC(=O)CC21C. The zero-order chi connectivity index (χ0) is 17.5. The summed E-state index contributed by atoms with van der Waals surface area (Å²) in [6.07, 6.45) is 9.35. The van der Waals surface area contributed by atoms with Crippen LogP contribution in [0.25, 0.3) is 0 Å². The molecule has 0 aromatic carbocycles. The van der Waals surface area contributed by atoms with Crippen molar-refractivity contribution in [2.75, 3.05) is 0 Å². The summed E-state index contributed by atoms with van der Waals surface area (Å²) >= 11 is 0. The molecule has 1 N–H and O–H groups in total. The van der Waals surface area contributed by atoms with Crippen LogP contribution in [0.15, 0.2) is 11.6 Å². The van der Waals surface area contributed by atoms with Gasteiger partial charge in [-0.1, -0.05) is 40.2 Å². The molecule has 4 aliphatic carbocycles. The minimum absolute atomic E-state index is 0.0108. The van der Waals surface area contributed by atoms with Gasteiger partial charge in [0.05, 0.1) is 6.10 Å². The zero-order valence-corrected chi connectivity index (χ0v) is 16.1. The summed E-state index contributed by atoms with van der Waals surface area (Å²) in [5, 5.41) is 10.6. The Morgan fingerprint density at radius 2 is 1.71 bits per heavy atom. The maximum absolute atomic E-state index is 12.2. The first kappa shape index (κ1) is 16.8. The number of ketones is 1. The van der Waals surface area contributed by atoms with E-state index < -0.39 is 0 Å². The molecule has 3 fully saturated rings. The molecule has 4 rings (SSSR count). The van der Waals surface area contributed by atoms with Gasteiger partial charge in [-0.05, 0) is 72.7 Å². The van der Waals surface area contributed by atoms with Crippen LogP contribution in [-0.2, 0) is 4.79 Å². The molecular formula is C22H34O2. The van der Waals surface area contributed by atoms with E-state index in [1.165, 1.54) is 24.8 Å². The lowest BCUT2D eigenvalue weighted by atomic mass is 9.36. The van der Waals surface area contributed by atoms with Crippen LogP contribution in [0, 0.1) is 33.5 Å². The van der Waals surface area contributed by atoms with E-state index in [-0.39, 0.29) is 22.3 Å². The highest BCUT2D eigenvalue weighted by Gasteiger charge is 2.66. The first-order valence-corrected chi connectivity index (χ1v) is 9.98. The van der Waals surface area contributed by atoms with Crippen molar-refractivity contribution in [2.24, 2.45) is 33.5 Å². The summed E-state index contributed by atoms with van der Waals surface area (Å²) in [4.78, 5) is 12.2. The summed E-state index contributed by atoms with van der Waals surface area (Å²) < 4.78 is 0. The van der Waals surface area contributed by atoms with Gasteiger partial charge in [0.15, 0.2) is 5.78 Å². The molecule has 24 heavy (non-hydrogen) atoms. The topological polar surface area (TPSA) is 37.3 Å². The van der Waals surface area contributed by atoms with Crippen molar-refractivity contribution in [3.8, 4) is 0 Å². The van der Waals surface area contributed by atoms with Crippen LogP contribution in [0.4, 0.5) is 0 Å². The molecular weight excluding hydrogens is 296 g/mol. The summed E-state index contributed by atoms with van der Waals surface area (Å²) in [6, 6.07) is 0. The average Bonchev–Trinajstić information content (AvgIpc) is 2.79. The third-order valence-electron chi connectivity index (χ3n) is 9.56. The Labute approximate surface area is 147 Å². The normalized spacial score (nSPS) is 53.0. The van der Waals surface area contributed by atoms with E-state index in [1.807, 2.05) is 6.08 Å². The first-order valence-electron chi connectivity index (χ1n) is 9.98. The van der Waals surface area contributed by atoms with Gasteiger partial charge >= 0.3 is 0 Å². The second kappa shape index (κ2) is 4.75. The molecule has 6 atom stereocenters. The quantitative estimate of drug-likeness (QED) is 0.685. The molecule has 0 saturated heterocycles. The van der Waals surface area contributed by atoms with E-state index in [0.717, 1.165) is 25.7 Å². The van der Waals surface area contributed by atoms with Crippen molar-refractivity contribution >= 4 is 5.78 Å². The fourth-order valence-corrected chi connectivity index (χ4v) is 7.93. The molecule has 4 aliphatic rings. The van der Waals surface area contributed by atoms with Gasteiger partial charge in [0.25, 0.3) is 0 Å². The Bertz CT molecular complexity index is 617. The van der Waals surface area contributed by atoms with Crippen LogP contribution in [0.1, 0.15) is 79.6 Å². The third-order valence-corrected chi connectivity index (χ3v) is 9.56. The minimum Gasteiger partial charge on any atom is -0.393 e. The monoisotopic (exact) mass is 330 g/mol. The summed E-state index contributed by atoms with van der Waals surface area (Å²) in [7, 11) is 0. The lowest BCUT2D eigenvalue weighted by Crippen LogP contribution is -2.62. The number of carbonyl (C=O) groups is 1. The van der Waals surface area contributed by atoms with Crippen molar-refractivity contribution in [2.45, 2.75) is 85.7 Å². The largest absolute Gasteiger partial charge is 0.393 e. The fraction of sp³-hybridized carbons (Fsp3) is 0.864. The molecule has 0 radical (unpaired) electrons. The molecule has 0 heterocycles. The van der Waals surface area contributed by atoms with Crippen LogP contribution in [0.3, 0.4) is 0 Å². The second-order valence-electron chi connectivity index (χ2n) is 10.6. The van der Waals surface area contributed by atoms with Gasteiger partial charge in [-0.3, -0.25) is 4.79 Å². The molecule has 6 unspecified atom stereocenters. The number of hydrogen-bond acceptors (Lipinski definition) is 2. The molecule has 0 bridgehead atoms. The number of carbonyl (C=O) groups excluding carboxylic acids is 1. The van der Waals surface area contributed by atoms with E-state index >= 15 is 0 Å². The van der Waals surface area contributed by atoms with Crippen molar-refractivity contribution in [3.63, 3.8) is 0 Å². The Balaban J connectivity index is 1.78. The molecule has 0 amide bonds. The Kier molecular flexibility index (Phi) is 3.33. The minimum atomic E-state index is -0.164. The number of rotatable bonds is 0. The smallest absolute Gasteiger partial charge is 0.156 e. The second-order valence-corrected chi connectivity index (χ2v) is 10.6. The van der Waals surface area contributed by atoms with E-state index in [4.69, 9.17) is 0 Å². The number of hydrogen-bond donors (Lipinski definition) is 1. The molecule has 0 aromatic rings. The number of aliphatic hydroxyl groups excluding tert-OH is 1. The molecule has 0 aromatic heterocycles. The third kappa shape index (κ3) is 1.79. The van der Waals surface area contributed by atoms with E-state index in [0.29, 0.717) is 23.0 Å². The maximum Gasteiger partial charge on any atom is 0.156 e. The summed E-state index contributed by atoms with van der Waals surface area (Å²) in [5.41, 5.74) is 2.05. The van der Waals surface area contributed by atoms with Gasteiger partial charge in [-0.15, -0.1) is 0 Å². The highest BCUT2D eigenvalue weighted by Crippen LogP contribution is 2.73. The van der Waals surface area contributed by atoms with Crippen LogP contribution >= 0.6 is 0 Å². The lowest BCUT2D eigenvalue weighted by molar-refractivity contribution is -0.200. The molecule has 0 spiro atoms. The van der Waals surface area contributed by atoms with E-state index in [1.54, 1.807) is 0 Å². The van der Waals surface area contributed by atoms with Crippen molar-refractivity contribution in [1.29, 1.82) is 0 Å². The average molecular weight is 331 g/mol. The lowest BCUT2D eigenvalue weighted by Gasteiger charge is -2.68. The van der Waals surface area contributed by atoms with Crippen molar-refractivity contribution in [3.05, 3.63) is 11.6 Å². The molecule has 0 aliphatic heterocycles. The molecule has 2 nitrogen and oxygen atoms in total. The Morgan fingerprint density at radius 3 is 2.42 bits per heavy atom. The number of allylic oxidation sites excluding steroid dienone is 2. The molecule has 3 saturated carbocycles. The van der Waals surface area contributed by atoms with Gasteiger partial charge in [0, 0.05) is 11.8 Å². The van der Waals surface area contributed by atoms with Gasteiger partial charge < -0.3 is 5.11 Å². The Hall–Kier alpha value is -0.630. The van der Waals surface area contributed by atoms with Crippen LogP contribution in [0.2, 0.25) is 0 Å². The standard InChI is InChI=1S/C22H34O2/c1-19(2)16-8-11-21(4)17(20(16,3)10-9-18(19)24)7-6-14-12-15(23)13-22(14,21)5/h12,16-18,24H,6-11,13H2,1-5H3.